The number of urea groups is 1. The molecule has 0 aliphatic carbocycles. The first-order valence-electron chi connectivity index (χ1n) is 6.27. The second-order valence-electron chi connectivity index (χ2n) is 4.00. The van der Waals surface area contributed by atoms with Gasteiger partial charge >= 0.3 is 6.03 Å². The Morgan fingerprint density at radius 2 is 2.14 bits per heavy atom. The normalized spacial score (nSPS) is 9.55. The lowest BCUT2D eigenvalue weighted by molar-refractivity contribution is 0.253. The van der Waals surface area contributed by atoms with E-state index >= 15 is 0 Å². The smallest absolute Gasteiger partial charge is 0.320 e. The van der Waals surface area contributed by atoms with Gasteiger partial charge in [-0.3, -0.25) is 5.32 Å². The molecule has 0 saturated carbocycles. The zero-order valence-corrected chi connectivity index (χ0v) is 12.2. The van der Waals surface area contributed by atoms with Crippen molar-refractivity contribution in [1.29, 1.82) is 0 Å². The van der Waals surface area contributed by atoms with E-state index in [0.29, 0.717) is 0 Å². The molecule has 0 bridgehead atoms. The first-order valence-corrected chi connectivity index (χ1v) is 7.15. The molecule has 2 amide bonds. The summed E-state index contributed by atoms with van der Waals surface area (Å²) in [7, 11) is 0. The molecule has 2 N–H and O–H groups in total. The SMILES string of the molecule is O=C(NCC#CCOc1ccc(F)cc1F)Nc1cccs1. The second kappa shape index (κ2) is 8.00. The Morgan fingerprint density at radius 3 is 2.86 bits per heavy atom. The average Bonchev–Trinajstić information content (AvgIpc) is 2.97. The average molecular weight is 322 g/mol. The molecule has 4 nitrogen and oxygen atoms in total. The fraction of sp³-hybridized carbons (Fsp3) is 0.133. The Labute approximate surface area is 130 Å². The van der Waals surface area contributed by atoms with Crippen LogP contribution in [0.15, 0.2) is 35.7 Å². The Hall–Kier alpha value is -2.59. The van der Waals surface area contributed by atoms with E-state index in [1.165, 1.54) is 17.4 Å². The quantitative estimate of drug-likeness (QED) is 0.849. The van der Waals surface area contributed by atoms with Crippen molar-refractivity contribution in [2.45, 2.75) is 0 Å². The van der Waals surface area contributed by atoms with Crippen LogP contribution in [0.1, 0.15) is 0 Å². The van der Waals surface area contributed by atoms with E-state index in [4.69, 9.17) is 4.74 Å². The van der Waals surface area contributed by atoms with Gasteiger partial charge in [0.2, 0.25) is 0 Å². The maximum atomic E-state index is 13.2. The van der Waals surface area contributed by atoms with E-state index < -0.39 is 11.6 Å². The summed E-state index contributed by atoms with van der Waals surface area (Å²) in [5.74, 6) is 3.75. The standard InChI is InChI=1S/C15H12F2N2O2S/c16-11-5-6-13(12(17)10-11)21-8-2-1-7-18-15(20)19-14-4-3-9-22-14/h3-6,9-10H,7-8H2,(H2,18,19,20). The summed E-state index contributed by atoms with van der Waals surface area (Å²) in [5.41, 5.74) is 0. The number of benzene rings is 1. The Bertz CT molecular complexity index is 693. The highest BCUT2D eigenvalue weighted by Gasteiger charge is 2.03. The first-order chi connectivity index (χ1) is 10.6. The third kappa shape index (κ3) is 5.07. The number of hydrogen-bond donors (Lipinski definition) is 2. The molecule has 2 rings (SSSR count). The minimum Gasteiger partial charge on any atom is -0.478 e. The zero-order valence-electron chi connectivity index (χ0n) is 11.4. The molecule has 22 heavy (non-hydrogen) atoms. The van der Waals surface area contributed by atoms with Crippen molar-refractivity contribution in [3.05, 3.63) is 47.3 Å². The highest BCUT2D eigenvalue weighted by molar-refractivity contribution is 7.14. The van der Waals surface area contributed by atoms with Crippen LogP contribution < -0.4 is 15.4 Å². The summed E-state index contributed by atoms with van der Waals surface area (Å²) in [5, 5.41) is 7.76. The van der Waals surface area contributed by atoms with E-state index in [1.54, 1.807) is 6.07 Å². The Morgan fingerprint density at radius 1 is 1.27 bits per heavy atom. The number of anilines is 1. The Kier molecular flexibility index (Phi) is 5.74. The molecule has 1 aromatic carbocycles. The van der Waals surface area contributed by atoms with E-state index in [-0.39, 0.29) is 24.9 Å². The van der Waals surface area contributed by atoms with Crippen molar-refractivity contribution in [3.63, 3.8) is 0 Å². The predicted molar refractivity (Wildman–Crippen MR) is 81.0 cm³/mol. The van der Waals surface area contributed by atoms with Crippen LogP contribution in [0.2, 0.25) is 0 Å². The van der Waals surface area contributed by atoms with Crippen LogP contribution >= 0.6 is 11.3 Å². The van der Waals surface area contributed by atoms with Gasteiger partial charge in [0.1, 0.15) is 12.4 Å². The van der Waals surface area contributed by atoms with Crippen LogP contribution in [-0.2, 0) is 0 Å². The minimum atomic E-state index is -0.782. The molecular weight excluding hydrogens is 310 g/mol. The van der Waals surface area contributed by atoms with Gasteiger partial charge in [-0.25, -0.2) is 13.6 Å². The number of carbonyl (C=O) groups excluding carboxylic acids is 1. The highest BCUT2D eigenvalue weighted by atomic mass is 32.1. The van der Waals surface area contributed by atoms with Gasteiger partial charge < -0.3 is 10.1 Å². The number of amides is 2. The van der Waals surface area contributed by atoms with Crippen LogP contribution in [0.25, 0.3) is 0 Å². The van der Waals surface area contributed by atoms with E-state index in [9.17, 15) is 13.6 Å². The third-order valence-corrected chi connectivity index (χ3v) is 3.20. The maximum absolute atomic E-state index is 13.2. The number of hydrogen-bond acceptors (Lipinski definition) is 3. The number of rotatable bonds is 4. The van der Waals surface area contributed by atoms with Gasteiger partial charge in [0.15, 0.2) is 11.6 Å². The summed E-state index contributed by atoms with van der Waals surface area (Å²) < 4.78 is 31.0. The molecule has 0 saturated heterocycles. The molecule has 0 aliphatic rings. The number of ether oxygens (including phenoxy) is 1. The third-order valence-electron chi connectivity index (χ3n) is 2.41. The molecule has 114 valence electrons. The van der Waals surface area contributed by atoms with E-state index in [2.05, 4.69) is 22.5 Å². The molecule has 0 unspecified atom stereocenters. The molecule has 1 heterocycles. The lowest BCUT2D eigenvalue weighted by Crippen LogP contribution is -2.28. The van der Waals surface area contributed by atoms with Gasteiger partial charge in [-0.1, -0.05) is 11.8 Å². The van der Waals surface area contributed by atoms with Gasteiger partial charge in [-0.2, -0.15) is 0 Å². The molecule has 2 aromatic rings. The largest absolute Gasteiger partial charge is 0.478 e. The molecule has 0 atom stereocenters. The summed E-state index contributed by atoms with van der Waals surface area (Å²) >= 11 is 1.41. The fourth-order valence-electron chi connectivity index (χ4n) is 1.45. The van der Waals surface area contributed by atoms with Crippen LogP contribution in [0, 0.1) is 23.5 Å². The van der Waals surface area contributed by atoms with Gasteiger partial charge in [0.25, 0.3) is 0 Å². The van der Waals surface area contributed by atoms with Gasteiger partial charge in [0.05, 0.1) is 11.5 Å². The molecule has 0 aliphatic heterocycles. The lowest BCUT2D eigenvalue weighted by atomic mass is 10.3. The number of halogens is 2. The summed E-state index contributed by atoms with van der Waals surface area (Å²) in [6.45, 7) is 0.0727. The number of carbonyl (C=O) groups is 1. The second-order valence-corrected chi connectivity index (χ2v) is 4.95. The van der Waals surface area contributed by atoms with Crippen LogP contribution in [0.3, 0.4) is 0 Å². The Balaban J connectivity index is 1.67. The molecule has 7 heteroatoms. The summed E-state index contributed by atoms with van der Waals surface area (Å²) in [4.78, 5) is 11.4. The lowest BCUT2D eigenvalue weighted by Gasteiger charge is -2.03. The first kappa shape index (κ1) is 15.8. The van der Waals surface area contributed by atoms with Gasteiger partial charge in [-0.15, -0.1) is 11.3 Å². The van der Waals surface area contributed by atoms with Crippen LogP contribution in [0.5, 0.6) is 5.75 Å². The molecule has 1 aromatic heterocycles. The van der Waals surface area contributed by atoms with Crippen molar-refractivity contribution in [2.24, 2.45) is 0 Å². The molecule has 0 radical (unpaired) electrons. The molecule has 0 spiro atoms. The van der Waals surface area contributed by atoms with E-state index in [0.717, 1.165) is 17.1 Å². The predicted octanol–water partition coefficient (Wildman–Crippen LogP) is 3.23. The van der Waals surface area contributed by atoms with Gasteiger partial charge in [-0.05, 0) is 29.6 Å². The number of nitrogens with one attached hydrogen (secondary N) is 2. The topological polar surface area (TPSA) is 50.4 Å². The fourth-order valence-corrected chi connectivity index (χ4v) is 2.06. The van der Waals surface area contributed by atoms with Crippen molar-refractivity contribution in [2.75, 3.05) is 18.5 Å². The minimum absolute atomic E-state index is 0.0588. The number of thiophene rings is 1. The van der Waals surface area contributed by atoms with Crippen LogP contribution in [-0.4, -0.2) is 19.2 Å². The monoisotopic (exact) mass is 322 g/mol. The highest BCUT2D eigenvalue weighted by Crippen LogP contribution is 2.17. The molecular formula is C15H12F2N2O2S. The van der Waals surface area contributed by atoms with Crippen molar-refractivity contribution >= 4 is 22.4 Å². The summed E-state index contributed by atoms with van der Waals surface area (Å²) in [6.07, 6.45) is 0. The maximum Gasteiger partial charge on any atom is 0.320 e. The van der Waals surface area contributed by atoms with Crippen LogP contribution in [0.4, 0.5) is 18.6 Å². The summed E-state index contributed by atoms with van der Waals surface area (Å²) in [6, 6.07) is 6.27. The molecule has 0 fully saturated rings. The van der Waals surface area contributed by atoms with Crippen molar-refractivity contribution in [3.8, 4) is 17.6 Å². The van der Waals surface area contributed by atoms with E-state index in [1.807, 2.05) is 11.4 Å². The van der Waals surface area contributed by atoms with Crippen molar-refractivity contribution < 1.29 is 18.3 Å². The van der Waals surface area contributed by atoms with Gasteiger partial charge in [0, 0.05) is 6.07 Å². The van der Waals surface area contributed by atoms with Crippen molar-refractivity contribution in [1.82, 2.24) is 5.32 Å². The zero-order chi connectivity index (χ0) is 15.8.